The fourth-order valence-electron chi connectivity index (χ4n) is 1.67. The van der Waals surface area contributed by atoms with Crippen molar-refractivity contribution in [1.82, 2.24) is 4.90 Å². The molecule has 1 aliphatic heterocycles. The van der Waals surface area contributed by atoms with Crippen LogP contribution in [0.5, 0.6) is 0 Å². The van der Waals surface area contributed by atoms with E-state index >= 15 is 0 Å². The molecular formula is C9H17NO. The van der Waals surface area contributed by atoms with Crippen molar-refractivity contribution in [2.45, 2.75) is 25.9 Å². The van der Waals surface area contributed by atoms with Crippen LogP contribution >= 0.6 is 0 Å². The van der Waals surface area contributed by atoms with Crippen LogP contribution in [0.25, 0.3) is 0 Å². The van der Waals surface area contributed by atoms with Crippen LogP contribution in [0.4, 0.5) is 0 Å². The Hall–Kier alpha value is -0.340. The van der Waals surface area contributed by atoms with Crippen molar-refractivity contribution in [2.75, 3.05) is 20.1 Å². The van der Waals surface area contributed by atoms with Crippen LogP contribution in [-0.2, 0) is 0 Å². The van der Waals surface area contributed by atoms with Gasteiger partial charge in [0.25, 0.3) is 0 Å². The van der Waals surface area contributed by atoms with E-state index < -0.39 is 5.60 Å². The molecule has 1 atom stereocenters. The fourth-order valence-corrected chi connectivity index (χ4v) is 1.67. The molecule has 0 radical (unpaired) electrons. The second-order valence-corrected chi connectivity index (χ2v) is 3.81. The fraction of sp³-hybridized carbons (Fsp3) is 0.778. The van der Waals surface area contributed by atoms with Crippen molar-refractivity contribution >= 4 is 0 Å². The van der Waals surface area contributed by atoms with E-state index in [0.29, 0.717) is 0 Å². The highest BCUT2D eigenvalue weighted by atomic mass is 16.3. The maximum atomic E-state index is 9.91. The minimum atomic E-state index is -0.548. The summed E-state index contributed by atoms with van der Waals surface area (Å²) in [6, 6.07) is 0. The summed E-state index contributed by atoms with van der Waals surface area (Å²) in [7, 11) is 2.04. The van der Waals surface area contributed by atoms with Crippen molar-refractivity contribution in [2.24, 2.45) is 0 Å². The van der Waals surface area contributed by atoms with Crippen LogP contribution < -0.4 is 0 Å². The number of β-amino-alcohol motifs (C(OH)–C–C–N with tert-alkyl or cyclic N) is 1. The summed E-state index contributed by atoms with van der Waals surface area (Å²) in [5.41, 5.74) is 0.649. The minimum absolute atomic E-state index is 0.548. The van der Waals surface area contributed by atoms with Crippen molar-refractivity contribution in [3.63, 3.8) is 0 Å². The van der Waals surface area contributed by atoms with E-state index in [1.54, 1.807) is 0 Å². The summed E-state index contributed by atoms with van der Waals surface area (Å²) >= 11 is 0. The normalized spacial score (nSPS) is 32.4. The number of hydrogen-bond acceptors (Lipinski definition) is 2. The molecule has 2 heteroatoms. The zero-order valence-electron chi connectivity index (χ0n) is 7.59. The van der Waals surface area contributed by atoms with Crippen molar-refractivity contribution in [3.8, 4) is 0 Å². The van der Waals surface area contributed by atoms with Gasteiger partial charge >= 0.3 is 0 Å². The van der Waals surface area contributed by atoms with Gasteiger partial charge in [-0.1, -0.05) is 11.6 Å². The molecule has 1 rings (SSSR count). The van der Waals surface area contributed by atoms with E-state index in [-0.39, 0.29) is 0 Å². The van der Waals surface area contributed by atoms with Crippen LogP contribution in [0.15, 0.2) is 11.6 Å². The quantitative estimate of drug-likeness (QED) is 0.571. The number of nitrogens with zero attached hydrogens (tertiary/aromatic N) is 1. The molecule has 0 aromatic carbocycles. The lowest BCUT2D eigenvalue weighted by atomic mass is 10.0. The summed E-state index contributed by atoms with van der Waals surface area (Å²) in [6.45, 7) is 5.82. The third kappa shape index (κ3) is 2.31. The predicted octanol–water partition coefficient (Wildman–Crippen LogP) is 1.02. The second kappa shape index (κ2) is 2.95. The Morgan fingerprint density at radius 2 is 2.18 bits per heavy atom. The van der Waals surface area contributed by atoms with Gasteiger partial charge in [0.05, 0.1) is 5.60 Å². The third-order valence-corrected chi connectivity index (χ3v) is 2.03. The largest absolute Gasteiger partial charge is 0.384 e. The zero-order valence-corrected chi connectivity index (χ0v) is 7.59. The first-order chi connectivity index (χ1) is 5.02. The first-order valence-corrected chi connectivity index (χ1v) is 4.09. The summed E-state index contributed by atoms with van der Waals surface area (Å²) in [4.78, 5) is 2.15. The molecule has 1 N–H and O–H groups in total. The summed E-state index contributed by atoms with van der Waals surface area (Å²) in [5, 5.41) is 9.91. The van der Waals surface area contributed by atoms with E-state index in [2.05, 4.69) is 4.90 Å². The molecule has 0 aromatic heterocycles. The molecule has 1 unspecified atom stereocenters. The lowest BCUT2D eigenvalue weighted by molar-refractivity contribution is 0.101. The number of likely N-dealkylation sites (N-methyl/N-ethyl adjacent to an activating group) is 1. The Morgan fingerprint density at radius 1 is 1.55 bits per heavy atom. The van der Waals surface area contributed by atoms with Crippen LogP contribution in [0, 0.1) is 0 Å². The number of allylic oxidation sites excluding steroid dienone is 1. The van der Waals surface area contributed by atoms with Crippen LogP contribution in [0.2, 0.25) is 0 Å². The first kappa shape index (κ1) is 8.75. The van der Waals surface area contributed by atoms with Gasteiger partial charge in [0, 0.05) is 13.1 Å². The molecule has 0 amide bonds. The van der Waals surface area contributed by atoms with Gasteiger partial charge in [-0.15, -0.1) is 0 Å². The Kier molecular flexibility index (Phi) is 2.35. The van der Waals surface area contributed by atoms with Crippen molar-refractivity contribution in [3.05, 3.63) is 11.6 Å². The summed E-state index contributed by atoms with van der Waals surface area (Å²) < 4.78 is 0. The number of aliphatic hydroxyl groups is 1. The molecule has 1 heterocycles. The molecule has 0 bridgehead atoms. The minimum Gasteiger partial charge on any atom is -0.384 e. The molecule has 0 aromatic rings. The predicted molar refractivity (Wildman–Crippen MR) is 46.5 cm³/mol. The van der Waals surface area contributed by atoms with Gasteiger partial charge in [-0.3, -0.25) is 0 Å². The van der Waals surface area contributed by atoms with E-state index in [0.717, 1.165) is 19.5 Å². The highest BCUT2D eigenvalue weighted by Crippen LogP contribution is 2.22. The molecule has 0 aliphatic carbocycles. The monoisotopic (exact) mass is 155 g/mol. The Balaban J connectivity index is 2.62. The van der Waals surface area contributed by atoms with E-state index in [1.165, 1.54) is 5.57 Å². The van der Waals surface area contributed by atoms with Crippen LogP contribution in [0.3, 0.4) is 0 Å². The molecule has 2 nitrogen and oxygen atoms in total. The molecule has 1 fully saturated rings. The second-order valence-electron chi connectivity index (χ2n) is 3.81. The van der Waals surface area contributed by atoms with Gasteiger partial charge in [-0.25, -0.2) is 0 Å². The standard InChI is InChI=1S/C9H17NO/c1-8(2)6-9(11)4-5-10(3)7-9/h6,11H,4-5,7H2,1-3H3. The van der Waals surface area contributed by atoms with Crippen LogP contribution in [0.1, 0.15) is 20.3 Å². The van der Waals surface area contributed by atoms with Gasteiger partial charge in [0.2, 0.25) is 0 Å². The number of likely N-dealkylation sites (tertiary alicyclic amines) is 1. The maximum Gasteiger partial charge on any atom is 0.0968 e. The average Bonchev–Trinajstić information content (AvgIpc) is 2.08. The van der Waals surface area contributed by atoms with E-state index in [9.17, 15) is 5.11 Å². The third-order valence-electron chi connectivity index (χ3n) is 2.03. The van der Waals surface area contributed by atoms with Crippen molar-refractivity contribution in [1.29, 1.82) is 0 Å². The highest BCUT2D eigenvalue weighted by Gasteiger charge is 2.31. The topological polar surface area (TPSA) is 23.5 Å². The molecule has 64 valence electrons. The molecule has 0 spiro atoms. The van der Waals surface area contributed by atoms with E-state index in [1.807, 2.05) is 27.0 Å². The van der Waals surface area contributed by atoms with Gasteiger partial charge in [0.15, 0.2) is 0 Å². The van der Waals surface area contributed by atoms with Gasteiger partial charge in [-0.05, 0) is 27.3 Å². The number of rotatable bonds is 1. The lowest BCUT2D eigenvalue weighted by Gasteiger charge is -2.18. The van der Waals surface area contributed by atoms with Gasteiger partial charge in [-0.2, -0.15) is 0 Å². The smallest absolute Gasteiger partial charge is 0.0968 e. The first-order valence-electron chi connectivity index (χ1n) is 4.09. The SMILES string of the molecule is CC(C)=CC1(O)CCN(C)C1. The summed E-state index contributed by atoms with van der Waals surface area (Å²) in [6.07, 6.45) is 2.84. The Bertz CT molecular complexity index is 172. The lowest BCUT2D eigenvalue weighted by Crippen LogP contribution is -2.29. The average molecular weight is 155 g/mol. The molecular weight excluding hydrogens is 138 g/mol. The highest BCUT2D eigenvalue weighted by molar-refractivity contribution is 5.10. The Morgan fingerprint density at radius 3 is 2.55 bits per heavy atom. The molecule has 1 aliphatic rings. The van der Waals surface area contributed by atoms with Gasteiger partial charge < -0.3 is 10.0 Å². The molecule has 1 saturated heterocycles. The van der Waals surface area contributed by atoms with Crippen molar-refractivity contribution < 1.29 is 5.11 Å². The maximum absolute atomic E-state index is 9.91. The summed E-state index contributed by atoms with van der Waals surface area (Å²) in [5.74, 6) is 0. The van der Waals surface area contributed by atoms with E-state index in [4.69, 9.17) is 0 Å². The molecule has 11 heavy (non-hydrogen) atoms. The Labute approximate surface area is 68.5 Å². The van der Waals surface area contributed by atoms with Gasteiger partial charge in [0.1, 0.15) is 0 Å². The number of hydrogen-bond donors (Lipinski definition) is 1. The van der Waals surface area contributed by atoms with Crippen LogP contribution in [-0.4, -0.2) is 35.7 Å². The zero-order chi connectivity index (χ0) is 8.48. The molecule has 0 saturated carbocycles.